The van der Waals surface area contributed by atoms with E-state index in [-0.39, 0.29) is 24.8 Å². The number of hydrogen-bond donors (Lipinski definition) is 1. The molecule has 1 amide bonds. The first kappa shape index (κ1) is 23.3. The third-order valence-electron chi connectivity index (χ3n) is 4.59. The van der Waals surface area contributed by atoms with Crippen LogP contribution in [0.25, 0.3) is 0 Å². The molecular formula is C21H34N2O6. The Balaban J connectivity index is 1.69. The predicted octanol–water partition coefficient (Wildman–Crippen LogP) is 2.30. The number of ether oxygens (including phenoxy) is 5. The summed E-state index contributed by atoms with van der Waals surface area (Å²) in [5, 5.41) is 0. The first-order valence-electron chi connectivity index (χ1n) is 10.2. The minimum atomic E-state index is -0.371. The molecule has 0 aliphatic carbocycles. The van der Waals surface area contributed by atoms with Crippen molar-refractivity contribution in [2.45, 2.75) is 32.9 Å². The molecular weight excluding hydrogens is 376 g/mol. The van der Waals surface area contributed by atoms with Gasteiger partial charge in [-0.05, 0) is 25.0 Å². The summed E-state index contributed by atoms with van der Waals surface area (Å²) in [7, 11) is 0. The average molecular weight is 411 g/mol. The second kappa shape index (κ2) is 12.5. The Hall–Kier alpha value is -2.03. The van der Waals surface area contributed by atoms with E-state index in [1.165, 1.54) is 0 Å². The number of carbonyl (C=O) groups excluding carboxylic acids is 1. The summed E-state index contributed by atoms with van der Waals surface area (Å²) in [5.74, 6) is 1.71. The summed E-state index contributed by atoms with van der Waals surface area (Å²) in [6, 6.07) is 7.48. The summed E-state index contributed by atoms with van der Waals surface area (Å²) in [4.78, 5) is 13.9. The van der Waals surface area contributed by atoms with Crippen LogP contribution in [0, 0.1) is 5.92 Å². The van der Waals surface area contributed by atoms with Gasteiger partial charge in [-0.2, -0.15) is 0 Å². The molecule has 1 aliphatic heterocycles. The zero-order valence-electron chi connectivity index (χ0n) is 17.7. The Morgan fingerprint density at radius 2 is 1.97 bits per heavy atom. The molecule has 1 fully saturated rings. The normalized spacial score (nSPS) is 17.8. The van der Waals surface area contributed by atoms with Gasteiger partial charge in [0.05, 0.1) is 33.0 Å². The Morgan fingerprint density at radius 1 is 1.24 bits per heavy atom. The molecule has 0 spiro atoms. The van der Waals surface area contributed by atoms with Crippen LogP contribution in [0.5, 0.6) is 11.5 Å². The zero-order chi connectivity index (χ0) is 21.1. The van der Waals surface area contributed by atoms with Crippen molar-refractivity contribution in [2.24, 2.45) is 11.7 Å². The van der Waals surface area contributed by atoms with E-state index in [1.807, 2.05) is 45.0 Å². The highest BCUT2D eigenvalue weighted by Crippen LogP contribution is 2.26. The highest BCUT2D eigenvalue weighted by Gasteiger charge is 2.26. The Labute approximate surface area is 173 Å². The number of nitrogens with zero attached hydrogens (tertiary/aromatic N) is 1. The van der Waals surface area contributed by atoms with Gasteiger partial charge < -0.3 is 34.3 Å². The number of benzene rings is 1. The van der Waals surface area contributed by atoms with E-state index < -0.39 is 0 Å². The quantitative estimate of drug-likeness (QED) is 0.560. The maximum absolute atomic E-state index is 12.3. The summed E-state index contributed by atoms with van der Waals surface area (Å²) in [5.41, 5.74) is 5.91. The number of morpholine rings is 1. The number of hydrogen-bond acceptors (Lipinski definition) is 7. The molecule has 8 nitrogen and oxygen atoms in total. The van der Waals surface area contributed by atoms with Crippen molar-refractivity contribution in [1.29, 1.82) is 0 Å². The number of para-hydroxylation sites is 2. The standard InChI is InChI=1S/C21H34N2O6/c1-4-26-19-7-5-6-8-20(19)29-14-17-13-23(9-10-27-17)21(24)28-12-11-25-15-18(22)16(2)3/h5-8,16-18H,4,9-15,22H2,1-3H3/t17-,18+/m0/s1. The van der Waals surface area contributed by atoms with Gasteiger partial charge in [-0.25, -0.2) is 4.79 Å². The molecule has 8 heteroatoms. The van der Waals surface area contributed by atoms with Gasteiger partial charge in [0.1, 0.15) is 19.3 Å². The van der Waals surface area contributed by atoms with Crippen molar-refractivity contribution in [2.75, 3.05) is 52.7 Å². The molecule has 2 rings (SSSR count). The second-order valence-corrected chi connectivity index (χ2v) is 7.23. The molecule has 0 radical (unpaired) electrons. The summed E-state index contributed by atoms with van der Waals surface area (Å²) < 4.78 is 27.9. The van der Waals surface area contributed by atoms with E-state index >= 15 is 0 Å². The third kappa shape index (κ3) is 8.08. The van der Waals surface area contributed by atoms with Crippen LogP contribution in [-0.4, -0.2) is 75.9 Å². The van der Waals surface area contributed by atoms with Crippen LogP contribution in [-0.2, 0) is 14.2 Å². The van der Waals surface area contributed by atoms with Crippen molar-refractivity contribution in [3.8, 4) is 11.5 Å². The van der Waals surface area contributed by atoms with Crippen molar-refractivity contribution < 1.29 is 28.5 Å². The van der Waals surface area contributed by atoms with E-state index in [9.17, 15) is 4.79 Å². The van der Waals surface area contributed by atoms with E-state index in [4.69, 9.17) is 29.4 Å². The van der Waals surface area contributed by atoms with Gasteiger partial charge in [0.25, 0.3) is 0 Å². The molecule has 1 aliphatic rings. The number of amides is 1. The van der Waals surface area contributed by atoms with Crippen LogP contribution < -0.4 is 15.2 Å². The van der Waals surface area contributed by atoms with Gasteiger partial charge in [0.15, 0.2) is 11.5 Å². The van der Waals surface area contributed by atoms with Gasteiger partial charge in [0, 0.05) is 12.6 Å². The van der Waals surface area contributed by atoms with Crippen LogP contribution in [0.15, 0.2) is 24.3 Å². The average Bonchev–Trinajstić information content (AvgIpc) is 2.73. The van der Waals surface area contributed by atoms with Crippen LogP contribution in [0.3, 0.4) is 0 Å². The molecule has 29 heavy (non-hydrogen) atoms. The van der Waals surface area contributed by atoms with Crippen LogP contribution in [0.2, 0.25) is 0 Å². The number of carbonyl (C=O) groups is 1. The number of rotatable bonds is 11. The summed E-state index contributed by atoms with van der Waals surface area (Å²) in [6.45, 7) is 9.22. The minimum Gasteiger partial charge on any atom is -0.490 e. The first-order chi connectivity index (χ1) is 14.0. The predicted molar refractivity (Wildman–Crippen MR) is 109 cm³/mol. The second-order valence-electron chi connectivity index (χ2n) is 7.23. The molecule has 2 atom stereocenters. The molecule has 0 unspecified atom stereocenters. The largest absolute Gasteiger partial charge is 0.490 e. The smallest absolute Gasteiger partial charge is 0.410 e. The van der Waals surface area contributed by atoms with E-state index in [1.54, 1.807) is 4.90 Å². The SMILES string of the molecule is CCOc1ccccc1OC[C@@H]1CN(C(=O)OCCOC[C@@H](N)C(C)C)CCO1. The fraction of sp³-hybridized carbons (Fsp3) is 0.667. The Bertz CT molecular complexity index is 613. The highest BCUT2D eigenvalue weighted by molar-refractivity contribution is 5.67. The lowest BCUT2D eigenvalue weighted by Crippen LogP contribution is -2.48. The molecule has 1 aromatic carbocycles. The lowest BCUT2D eigenvalue weighted by molar-refractivity contribution is -0.0475. The van der Waals surface area contributed by atoms with Gasteiger partial charge in [-0.15, -0.1) is 0 Å². The van der Waals surface area contributed by atoms with Gasteiger partial charge in [0.2, 0.25) is 0 Å². The van der Waals surface area contributed by atoms with Crippen molar-refractivity contribution in [3.05, 3.63) is 24.3 Å². The molecule has 164 valence electrons. The molecule has 1 aromatic rings. The topological polar surface area (TPSA) is 92.5 Å². The molecule has 1 saturated heterocycles. The molecule has 1 heterocycles. The van der Waals surface area contributed by atoms with Crippen molar-refractivity contribution >= 4 is 6.09 Å². The lowest BCUT2D eigenvalue weighted by atomic mass is 10.1. The highest BCUT2D eigenvalue weighted by atomic mass is 16.6. The van der Waals surface area contributed by atoms with E-state index in [2.05, 4.69) is 0 Å². The van der Waals surface area contributed by atoms with Gasteiger partial charge in [-0.1, -0.05) is 26.0 Å². The lowest BCUT2D eigenvalue weighted by Gasteiger charge is -2.32. The first-order valence-corrected chi connectivity index (χ1v) is 10.2. The van der Waals surface area contributed by atoms with Crippen LogP contribution in [0.4, 0.5) is 4.79 Å². The summed E-state index contributed by atoms with van der Waals surface area (Å²) in [6.07, 6.45) is -0.601. The third-order valence-corrected chi connectivity index (χ3v) is 4.59. The minimum absolute atomic E-state index is 0.0152. The van der Waals surface area contributed by atoms with Crippen LogP contribution in [0.1, 0.15) is 20.8 Å². The van der Waals surface area contributed by atoms with Crippen molar-refractivity contribution in [1.82, 2.24) is 4.90 Å². The van der Waals surface area contributed by atoms with Gasteiger partial charge in [-0.3, -0.25) is 0 Å². The maximum atomic E-state index is 12.3. The monoisotopic (exact) mass is 410 g/mol. The van der Waals surface area contributed by atoms with Gasteiger partial charge >= 0.3 is 6.09 Å². The van der Waals surface area contributed by atoms with E-state index in [0.29, 0.717) is 63.5 Å². The molecule has 0 bridgehead atoms. The van der Waals surface area contributed by atoms with Crippen molar-refractivity contribution in [3.63, 3.8) is 0 Å². The fourth-order valence-electron chi connectivity index (χ4n) is 2.70. The fourth-order valence-corrected chi connectivity index (χ4v) is 2.70. The molecule has 0 saturated carbocycles. The molecule has 2 N–H and O–H groups in total. The Kier molecular flexibility index (Phi) is 10.0. The number of nitrogens with two attached hydrogens (primary N) is 1. The zero-order valence-corrected chi connectivity index (χ0v) is 17.7. The molecule has 0 aromatic heterocycles. The Morgan fingerprint density at radius 3 is 2.66 bits per heavy atom. The van der Waals surface area contributed by atoms with E-state index in [0.717, 1.165) is 0 Å². The maximum Gasteiger partial charge on any atom is 0.410 e. The summed E-state index contributed by atoms with van der Waals surface area (Å²) >= 11 is 0. The van der Waals surface area contributed by atoms with Crippen LogP contribution >= 0.6 is 0 Å².